The van der Waals surface area contributed by atoms with E-state index in [1.165, 1.54) is 5.56 Å². The first-order valence-corrected chi connectivity index (χ1v) is 5.68. The zero-order valence-corrected chi connectivity index (χ0v) is 9.43. The highest BCUT2D eigenvalue weighted by Gasteiger charge is 1.95. The summed E-state index contributed by atoms with van der Waals surface area (Å²) in [5.41, 5.74) is 1.25. The molecule has 0 amide bonds. The summed E-state index contributed by atoms with van der Waals surface area (Å²) in [7, 11) is 0. The molecule has 0 unspecified atom stereocenters. The molecular weight excluding hydrogens is 198 g/mol. The molecule has 4 heteroatoms. The Kier molecular flexibility index (Phi) is 5.64. The maximum Gasteiger partial charge on any atom is 0.0534 e. The van der Waals surface area contributed by atoms with Gasteiger partial charge in [0, 0.05) is 30.7 Å². The number of unbranched alkanes of at least 4 members (excludes halogenated alkanes) is 1. The number of alkyl halides is 1. The second kappa shape index (κ2) is 6.85. The first-order valence-electron chi connectivity index (χ1n) is 5.15. The molecule has 1 rings (SSSR count). The van der Waals surface area contributed by atoms with Crippen LogP contribution in [0.2, 0.25) is 0 Å². The maximum absolute atomic E-state index is 5.58. The number of aromatic nitrogens is 2. The molecule has 0 radical (unpaired) electrons. The van der Waals surface area contributed by atoms with Gasteiger partial charge in [0.25, 0.3) is 0 Å². The largest absolute Gasteiger partial charge is 0.313 e. The molecule has 0 aliphatic rings. The Bertz CT molecular complexity index is 247. The molecule has 0 aliphatic carbocycles. The van der Waals surface area contributed by atoms with Crippen molar-refractivity contribution in [3.05, 3.63) is 18.0 Å². The van der Waals surface area contributed by atoms with E-state index in [1.807, 2.05) is 10.9 Å². The molecule has 0 fully saturated rings. The van der Waals surface area contributed by atoms with Crippen LogP contribution in [0.5, 0.6) is 0 Å². The van der Waals surface area contributed by atoms with Crippen molar-refractivity contribution < 1.29 is 0 Å². The second-order valence-corrected chi connectivity index (χ2v) is 3.66. The second-order valence-electron chi connectivity index (χ2n) is 3.28. The van der Waals surface area contributed by atoms with Crippen LogP contribution in [0.15, 0.2) is 12.4 Å². The van der Waals surface area contributed by atoms with Crippen LogP contribution in [-0.2, 0) is 13.1 Å². The van der Waals surface area contributed by atoms with Crippen molar-refractivity contribution in [1.82, 2.24) is 15.1 Å². The van der Waals surface area contributed by atoms with E-state index >= 15 is 0 Å². The van der Waals surface area contributed by atoms with Crippen molar-refractivity contribution >= 4 is 11.6 Å². The van der Waals surface area contributed by atoms with Gasteiger partial charge in [-0.05, 0) is 26.3 Å². The Hall–Kier alpha value is -0.540. The lowest BCUT2D eigenvalue weighted by Crippen LogP contribution is -2.14. The SMILES string of the molecule is CCn1cc(CNCCCCCl)cn1. The Balaban J connectivity index is 2.12. The minimum Gasteiger partial charge on any atom is -0.313 e. The fourth-order valence-corrected chi connectivity index (χ4v) is 1.44. The topological polar surface area (TPSA) is 29.9 Å². The van der Waals surface area contributed by atoms with Gasteiger partial charge in [0.05, 0.1) is 6.20 Å². The van der Waals surface area contributed by atoms with E-state index in [0.29, 0.717) is 0 Å². The lowest BCUT2D eigenvalue weighted by atomic mass is 10.3. The Labute approximate surface area is 90.4 Å². The van der Waals surface area contributed by atoms with Crippen LogP contribution < -0.4 is 5.32 Å². The van der Waals surface area contributed by atoms with Gasteiger partial charge in [-0.2, -0.15) is 5.10 Å². The summed E-state index contributed by atoms with van der Waals surface area (Å²) in [5, 5.41) is 7.57. The van der Waals surface area contributed by atoms with E-state index in [-0.39, 0.29) is 0 Å². The van der Waals surface area contributed by atoms with E-state index in [2.05, 4.69) is 23.5 Å². The van der Waals surface area contributed by atoms with Gasteiger partial charge in [0.2, 0.25) is 0 Å². The van der Waals surface area contributed by atoms with Crippen molar-refractivity contribution in [1.29, 1.82) is 0 Å². The van der Waals surface area contributed by atoms with Crippen molar-refractivity contribution in [3.8, 4) is 0 Å². The number of rotatable bonds is 7. The molecule has 0 saturated heterocycles. The third kappa shape index (κ3) is 4.11. The Morgan fingerprint density at radius 3 is 3.00 bits per heavy atom. The van der Waals surface area contributed by atoms with Gasteiger partial charge in [-0.3, -0.25) is 4.68 Å². The molecule has 3 nitrogen and oxygen atoms in total. The van der Waals surface area contributed by atoms with Crippen LogP contribution in [0.25, 0.3) is 0 Å². The number of nitrogens with zero attached hydrogens (tertiary/aromatic N) is 2. The average Bonchev–Trinajstić information content (AvgIpc) is 2.65. The summed E-state index contributed by atoms with van der Waals surface area (Å²) in [6.07, 6.45) is 6.22. The number of halogens is 1. The van der Waals surface area contributed by atoms with Crippen molar-refractivity contribution in [2.75, 3.05) is 12.4 Å². The monoisotopic (exact) mass is 215 g/mol. The first kappa shape index (κ1) is 11.5. The quantitative estimate of drug-likeness (QED) is 0.557. The average molecular weight is 216 g/mol. The normalized spacial score (nSPS) is 10.7. The van der Waals surface area contributed by atoms with Gasteiger partial charge >= 0.3 is 0 Å². The predicted molar refractivity (Wildman–Crippen MR) is 59.6 cm³/mol. The first-order chi connectivity index (χ1) is 6.86. The van der Waals surface area contributed by atoms with Gasteiger partial charge in [-0.15, -0.1) is 11.6 Å². The molecule has 1 N–H and O–H groups in total. The third-order valence-electron chi connectivity index (χ3n) is 2.08. The molecule has 1 heterocycles. The highest BCUT2D eigenvalue weighted by molar-refractivity contribution is 6.17. The van der Waals surface area contributed by atoms with Crippen LogP contribution in [-0.4, -0.2) is 22.2 Å². The number of hydrogen-bond acceptors (Lipinski definition) is 2. The summed E-state index contributed by atoms with van der Waals surface area (Å²) >= 11 is 5.58. The number of aryl methyl sites for hydroxylation is 1. The van der Waals surface area contributed by atoms with Crippen molar-refractivity contribution in [2.45, 2.75) is 32.9 Å². The standard InChI is InChI=1S/C10H18ClN3/c1-2-14-9-10(8-13-14)7-12-6-4-3-5-11/h8-9,12H,2-7H2,1H3. The summed E-state index contributed by atoms with van der Waals surface area (Å²) in [4.78, 5) is 0. The molecule has 0 saturated carbocycles. The minimum absolute atomic E-state index is 0.759. The molecule has 1 aromatic heterocycles. The zero-order chi connectivity index (χ0) is 10.2. The van der Waals surface area contributed by atoms with E-state index in [9.17, 15) is 0 Å². The fourth-order valence-electron chi connectivity index (χ4n) is 1.25. The molecule has 14 heavy (non-hydrogen) atoms. The van der Waals surface area contributed by atoms with E-state index in [0.717, 1.165) is 38.4 Å². The fraction of sp³-hybridized carbons (Fsp3) is 0.700. The summed E-state index contributed by atoms with van der Waals surface area (Å²) in [6, 6.07) is 0. The third-order valence-corrected chi connectivity index (χ3v) is 2.34. The number of hydrogen-bond donors (Lipinski definition) is 1. The molecule has 0 aromatic carbocycles. The van der Waals surface area contributed by atoms with Gasteiger partial charge < -0.3 is 5.32 Å². The van der Waals surface area contributed by atoms with Crippen LogP contribution in [0, 0.1) is 0 Å². The van der Waals surface area contributed by atoms with Crippen LogP contribution in [0.1, 0.15) is 25.3 Å². The van der Waals surface area contributed by atoms with Crippen LogP contribution in [0.3, 0.4) is 0 Å². The van der Waals surface area contributed by atoms with Crippen molar-refractivity contribution in [2.24, 2.45) is 0 Å². The summed E-state index contributed by atoms with van der Waals surface area (Å²) < 4.78 is 1.94. The molecular formula is C10H18ClN3. The summed E-state index contributed by atoms with van der Waals surface area (Å²) in [5.74, 6) is 0.759. The van der Waals surface area contributed by atoms with E-state index in [1.54, 1.807) is 0 Å². The van der Waals surface area contributed by atoms with Gasteiger partial charge in [-0.1, -0.05) is 0 Å². The lowest BCUT2D eigenvalue weighted by molar-refractivity contribution is 0.638. The smallest absolute Gasteiger partial charge is 0.0534 e. The summed E-state index contributed by atoms with van der Waals surface area (Å²) in [6.45, 7) is 4.96. The van der Waals surface area contributed by atoms with Gasteiger partial charge in [0.1, 0.15) is 0 Å². The highest BCUT2D eigenvalue weighted by atomic mass is 35.5. The van der Waals surface area contributed by atoms with Crippen molar-refractivity contribution in [3.63, 3.8) is 0 Å². The lowest BCUT2D eigenvalue weighted by Gasteiger charge is -2.00. The Morgan fingerprint density at radius 1 is 1.50 bits per heavy atom. The molecule has 0 spiro atoms. The number of nitrogens with one attached hydrogen (secondary N) is 1. The highest BCUT2D eigenvalue weighted by Crippen LogP contribution is 1.97. The zero-order valence-electron chi connectivity index (χ0n) is 8.67. The van der Waals surface area contributed by atoms with E-state index < -0.39 is 0 Å². The molecule has 0 atom stereocenters. The van der Waals surface area contributed by atoms with E-state index in [4.69, 9.17) is 11.6 Å². The predicted octanol–water partition coefficient (Wildman–Crippen LogP) is 2.01. The molecule has 0 aliphatic heterocycles. The van der Waals surface area contributed by atoms with Crippen LogP contribution >= 0.6 is 11.6 Å². The van der Waals surface area contributed by atoms with Gasteiger partial charge in [0.15, 0.2) is 0 Å². The maximum atomic E-state index is 5.58. The molecule has 0 bridgehead atoms. The van der Waals surface area contributed by atoms with Gasteiger partial charge in [-0.25, -0.2) is 0 Å². The Morgan fingerprint density at radius 2 is 2.36 bits per heavy atom. The minimum atomic E-state index is 0.759. The molecule has 1 aromatic rings. The van der Waals surface area contributed by atoms with Crippen LogP contribution in [0.4, 0.5) is 0 Å². The molecule has 80 valence electrons.